The second-order valence-electron chi connectivity index (χ2n) is 7.19. The van der Waals surface area contributed by atoms with Crippen LogP contribution >= 0.6 is 0 Å². The summed E-state index contributed by atoms with van der Waals surface area (Å²) in [6, 6.07) is 6.23. The van der Waals surface area contributed by atoms with Gasteiger partial charge >= 0.3 is 0 Å². The molecule has 1 aliphatic rings. The van der Waals surface area contributed by atoms with Crippen molar-refractivity contribution in [3.63, 3.8) is 0 Å². The SMILES string of the molecule is CCOc1ccc(C(C)NC(=NC)NCCCCN2CCCC2)cc1OCC. The Kier molecular flexibility index (Phi) is 9.97. The molecule has 1 saturated heterocycles. The van der Waals surface area contributed by atoms with E-state index in [4.69, 9.17) is 9.47 Å². The van der Waals surface area contributed by atoms with Crippen LogP contribution in [0.15, 0.2) is 23.2 Å². The van der Waals surface area contributed by atoms with Crippen LogP contribution in [-0.2, 0) is 0 Å². The van der Waals surface area contributed by atoms with Gasteiger partial charge in [-0.3, -0.25) is 4.99 Å². The van der Waals surface area contributed by atoms with Crippen molar-refractivity contribution in [1.29, 1.82) is 0 Å². The van der Waals surface area contributed by atoms with E-state index in [-0.39, 0.29) is 6.04 Å². The first-order valence-corrected chi connectivity index (χ1v) is 10.8. The van der Waals surface area contributed by atoms with Crippen molar-refractivity contribution in [2.75, 3.05) is 46.4 Å². The van der Waals surface area contributed by atoms with Gasteiger partial charge in [-0.1, -0.05) is 6.07 Å². The number of hydrogen-bond donors (Lipinski definition) is 2. The van der Waals surface area contributed by atoms with E-state index < -0.39 is 0 Å². The van der Waals surface area contributed by atoms with E-state index in [0.717, 1.165) is 36.0 Å². The number of ether oxygens (including phenoxy) is 2. The summed E-state index contributed by atoms with van der Waals surface area (Å²) in [7, 11) is 1.82. The molecule has 1 aromatic carbocycles. The number of nitrogens with one attached hydrogen (secondary N) is 2. The average molecular weight is 391 g/mol. The highest BCUT2D eigenvalue weighted by Gasteiger charge is 2.13. The highest BCUT2D eigenvalue weighted by atomic mass is 16.5. The van der Waals surface area contributed by atoms with Crippen LogP contribution in [0.3, 0.4) is 0 Å². The van der Waals surface area contributed by atoms with Crippen molar-refractivity contribution >= 4 is 5.96 Å². The zero-order valence-electron chi connectivity index (χ0n) is 18.1. The second kappa shape index (κ2) is 12.5. The second-order valence-corrected chi connectivity index (χ2v) is 7.19. The van der Waals surface area contributed by atoms with E-state index >= 15 is 0 Å². The molecule has 2 rings (SSSR count). The van der Waals surface area contributed by atoms with E-state index in [1.54, 1.807) is 0 Å². The maximum absolute atomic E-state index is 5.74. The molecule has 1 atom stereocenters. The Labute approximate surface area is 170 Å². The van der Waals surface area contributed by atoms with Gasteiger partial charge in [-0.2, -0.15) is 0 Å². The molecule has 0 bridgehead atoms. The Hall–Kier alpha value is -1.95. The molecule has 0 spiro atoms. The number of likely N-dealkylation sites (tertiary alicyclic amines) is 1. The number of nitrogens with zero attached hydrogens (tertiary/aromatic N) is 2. The maximum atomic E-state index is 5.74. The van der Waals surface area contributed by atoms with E-state index in [1.807, 2.05) is 27.0 Å². The van der Waals surface area contributed by atoms with E-state index in [2.05, 4.69) is 39.6 Å². The van der Waals surface area contributed by atoms with Gasteiger partial charge in [0.1, 0.15) is 0 Å². The van der Waals surface area contributed by atoms with Crippen LogP contribution < -0.4 is 20.1 Å². The third-order valence-corrected chi connectivity index (χ3v) is 5.04. The zero-order chi connectivity index (χ0) is 20.2. The topological polar surface area (TPSA) is 58.1 Å². The van der Waals surface area contributed by atoms with Gasteiger partial charge in [0.2, 0.25) is 0 Å². The predicted octanol–water partition coefficient (Wildman–Crippen LogP) is 3.59. The van der Waals surface area contributed by atoms with Crippen LogP contribution in [0.2, 0.25) is 0 Å². The lowest BCUT2D eigenvalue weighted by Crippen LogP contribution is -2.39. The molecule has 1 fully saturated rings. The quantitative estimate of drug-likeness (QED) is 0.344. The van der Waals surface area contributed by atoms with Crippen molar-refractivity contribution in [3.05, 3.63) is 23.8 Å². The van der Waals surface area contributed by atoms with E-state index in [0.29, 0.717) is 13.2 Å². The molecule has 28 heavy (non-hydrogen) atoms. The van der Waals surface area contributed by atoms with E-state index in [9.17, 15) is 0 Å². The van der Waals surface area contributed by atoms with Gasteiger partial charge in [-0.15, -0.1) is 0 Å². The molecule has 0 saturated carbocycles. The normalized spacial score (nSPS) is 16.1. The van der Waals surface area contributed by atoms with Crippen molar-refractivity contribution in [3.8, 4) is 11.5 Å². The molecular weight excluding hydrogens is 352 g/mol. The molecule has 6 nitrogen and oxygen atoms in total. The van der Waals surface area contributed by atoms with Crippen LogP contribution in [0.25, 0.3) is 0 Å². The fourth-order valence-electron chi connectivity index (χ4n) is 3.49. The van der Waals surface area contributed by atoms with Gasteiger partial charge in [0.15, 0.2) is 17.5 Å². The molecule has 0 amide bonds. The van der Waals surface area contributed by atoms with Gasteiger partial charge in [0, 0.05) is 13.6 Å². The molecular formula is C22H38N4O2. The number of benzene rings is 1. The Bertz CT molecular complexity index is 600. The Morgan fingerprint density at radius 2 is 1.82 bits per heavy atom. The lowest BCUT2D eigenvalue weighted by Gasteiger charge is -2.20. The molecule has 1 aromatic rings. The van der Waals surface area contributed by atoms with Crippen molar-refractivity contribution < 1.29 is 9.47 Å². The van der Waals surface area contributed by atoms with Crippen LogP contribution in [0.4, 0.5) is 0 Å². The molecule has 0 aromatic heterocycles. The van der Waals surface area contributed by atoms with Crippen molar-refractivity contribution in [2.24, 2.45) is 4.99 Å². The van der Waals surface area contributed by atoms with Gasteiger partial charge < -0.3 is 25.0 Å². The summed E-state index contributed by atoms with van der Waals surface area (Å²) in [5.74, 6) is 2.42. The Balaban J connectivity index is 1.80. The average Bonchev–Trinajstić information content (AvgIpc) is 3.22. The summed E-state index contributed by atoms with van der Waals surface area (Å²) in [5, 5.41) is 6.90. The molecule has 6 heteroatoms. The predicted molar refractivity (Wildman–Crippen MR) is 117 cm³/mol. The summed E-state index contributed by atoms with van der Waals surface area (Å²) >= 11 is 0. The fourth-order valence-corrected chi connectivity index (χ4v) is 3.49. The molecule has 2 N–H and O–H groups in total. The lowest BCUT2D eigenvalue weighted by atomic mass is 10.1. The summed E-state index contributed by atoms with van der Waals surface area (Å²) in [6.45, 7) is 12.1. The maximum Gasteiger partial charge on any atom is 0.191 e. The smallest absolute Gasteiger partial charge is 0.191 e. The molecule has 1 heterocycles. The summed E-state index contributed by atoms with van der Waals surface area (Å²) < 4.78 is 11.4. The number of hydrogen-bond acceptors (Lipinski definition) is 4. The van der Waals surface area contributed by atoms with Crippen molar-refractivity contribution in [1.82, 2.24) is 15.5 Å². The number of guanidine groups is 1. The molecule has 0 aliphatic carbocycles. The van der Waals surface area contributed by atoms with E-state index in [1.165, 1.54) is 38.9 Å². The number of aliphatic imine (C=N–C) groups is 1. The fraction of sp³-hybridized carbons (Fsp3) is 0.682. The minimum atomic E-state index is 0.116. The first-order chi connectivity index (χ1) is 13.7. The molecule has 1 aliphatic heterocycles. The van der Waals surface area contributed by atoms with Crippen LogP contribution in [0.5, 0.6) is 11.5 Å². The standard InChI is InChI=1S/C22H38N4O2/c1-5-27-20-12-11-19(17-21(20)28-6-2)18(3)25-22(23-4)24-13-7-8-14-26-15-9-10-16-26/h11-12,17-18H,5-10,13-16H2,1-4H3,(H2,23,24,25). The Morgan fingerprint density at radius 3 is 2.50 bits per heavy atom. The van der Waals surface area contributed by atoms with Crippen molar-refractivity contribution in [2.45, 2.75) is 52.5 Å². The number of unbranched alkanes of at least 4 members (excludes halogenated alkanes) is 1. The lowest BCUT2D eigenvalue weighted by molar-refractivity contribution is 0.287. The zero-order valence-corrected chi connectivity index (χ0v) is 18.1. The highest BCUT2D eigenvalue weighted by Crippen LogP contribution is 2.30. The summed E-state index contributed by atoms with van der Waals surface area (Å²) in [4.78, 5) is 6.93. The third-order valence-electron chi connectivity index (χ3n) is 5.04. The summed E-state index contributed by atoms with van der Waals surface area (Å²) in [6.07, 6.45) is 5.12. The number of rotatable bonds is 11. The first kappa shape index (κ1) is 22.3. The minimum Gasteiger partial charge on any atom is -0.490 e. The largest absolute Gasteiger partial charge is 0.490 e. The van der Waals surface area contributed by atoms with Crippen LogP contribution in [-0.4, -0.2) is 57.3 Å². The van der Waals surface area contributed by atoms with Crippen LogP contribution in [0, 0.1) is 0 Å². The Morgan fingerprint density at radius 1 is 1.11 bits per heavy atom. The first-order valence-electron chi connectivity index (χ1n) is 10.8. The molecule has 1 unspecified atom stereocenters. The third kappa shape index (κ3) is 7.23. The summed E-state index contributed by atoms with van der Waals surface area (Å²) in [5.41, 5.74) is 1.14. The van der Waals surface area contributed by atoms with Gasteiger partial charge in [-0.25, -0.2) is 0 Å². The highest BCUT2D eigenvalue weighted by molar-refractivity contribution is 5.80. The molecule has 0 radical (unpaired) electrons. The van der Waals surface area contributed by atoms with Gasteiger partial charge in [0.25, 0.3) is 0 Å². The van der Waals surface area contributed by atoms with Gasteiger partial charge in [0.05, 0.1) is 19.3 Å². The van der Waals surface area contributed by atoms with Gasteiger partial charge in [-0.05, 0) is 83.8 Å². The minimum absolute atomic E-state index is 0.116. The molecule has 158 valence electrons. The monoisotopic (exact) mass is 390 g/mol. The van der Waals surface area contributed by atoms with Crippen LogP contribution in [0.1, 0.15) is 58.1 Å².